The molecule has 12 heteroatoms. The largest absolute Gasteiger partial charge is 0.479 e. The van der Waals surface area contributed by atoms with E-state index in [0.717, 1.165) is 30.4 Å². The molecule has 5 atom stereocenters. The van der Waals surface area contributed by atoms with E-state index >= 15 is 0 Å². The molecule has 3 N–H and O–H groups in total. The molecule has 1 aromatic carbocycles. The number of carboxylic acids is 1. The molecule has 5 rings (SSSR count). The van der Waals surface area contributed by atoms with Gasteiger partial charge in [-0.2, -0.15) is 0 Å². The van der Waals surface area contributed by atoms with Crippen molar-refractivity contribution in [3.05, 3.63) is 47.5 Å². The number of amides is 4. The Hall–Kier alpha value is -4.09. The number of rotatable bonds is 3. The fourth-order valence-corrected chi connectivity index (χ4v) is 6.28. The molecule has 0 bridgehead atoms. The second kappa shape index (κ2) is 12.5. The standard InChI is InChI=1S/C32H42N4O8/c1-31(2,3)44-29(41)33-24-14-8-6-4-5-7-13-22-16-32(22,28(39)40)34-26(37)25-15-23(19-36(25)27(24)38)43-30(42)35-17-20-11-9-10-12-21(20)18-35/h7,9-13,22-25H,4-6,8,14-19H2,1-3H3,(H,33,41)(H,34,37)(H,39,40)/b13-7+. The molecule has 1 aliphatic carbocycles. The van der Waals surface area contributed by atoms with Gasteiger partial charge in [-0.25, -0.2) is 14.4 Å². The Morgan fingerprint density at radius 2 is 1.77 bits per heavy atom. The monoisotopic (exact) mass is 610 g/mol. The van der Waals surface area contributed by atoms with E-state index in [2.05, 4.69) is 10.6 Å². The van der Waals surface area contributed by atoms with Crippen LogP contribution in [0.15, 0.2) is 36.4 Å². The third kappa shape index (κ3) is 7.00. The lowest BCUT2D eigenvalue weighted by atomic mass is 10.0. The van der Waals surface area contributed by atoms with E-state index in [0.29, 0.717) is 25.9 Å². The zero-order valence-corrected chi connectivity index (χ0v) is 25.5. The second-order valence-electron chi connectivity index (χ2n) is 13.2. The van der Waals surface area contributed by atoms with Crippen LogP contribution in [-0.2, 0) is 36.9 Å². The smallest absolute Gasteiger partial charge is 0.410 e. The average Bonchev–Trinajstić information content (AvgIpc) is 3.27. The van der Waals surface area contributed by atoms with Crippen LogP contribution in [0.4, 0.5) is 9.59 Å². The van der Waals surface area contributed by atoms with Crippen molar-refractivity contribution in [1.82, 2.24) is 20.4 Å². The summed E-state index contributed by atoms with van der Waals surface area (Å²) >= 11 is 0. The van der Waals surface area contributed by atoms with E-state index in [4.69, 9.17) is 9.47 Å². The van der Waals surface area contributed by atoms with E-state index in [1.165, 1.54) is 4.90 Å². The first-order chi connectivity index (χ1) is 20.9. The summed E-state index contributed by atoms with van der Waals surface area (Å²) in [7, 11) is 0. The highest BCUT2D eigenvalue weighted by atomic mass is 16.6. The van der Waals surface area contributed by atoms with Gasteiger partial charge in [-0.15, -0.1) is 0 Å². The maximum Gasteiger partial charge on any atom is 0.410 e. The number of hydrogen-bond donors (Lipinski definition) is 3. The van der Waals surface area contributed by atoms with E-state index < -0.39 is 59.3 Å². The lowest BCUT2D eigenvalue weighted by molar-refractivity contribution is -0.145. The van der Waals surface area contributed by atoms with E-state index in [1.54, 1.807) is 25.7 Å². The first kappa shape index (κ1) is 31.3. The lowest BCUT2D eigenvalue weighted by Gasteiger charge is -2.30. The Labute approximate surface area is 257 Å². The van der Waals surface area contributed by atoms with Crippen LogP contribution in [0, 0.1) is 5.92 Å². The zero-order valence-electron chi connectivity index (χ0n) is 25.5. The van der Waals surface area contributed by atoms with Crippen molar-refractivity contribution < 1.29 is 38.6 Å². The predicted octanol–water partition coefficient (Wildman–Crippen LogP) is 3.48. The van der Waals surface area contributed by atoms with Gasteiger partial charge in [-0.3, -0.25) is 14.5 Å². The maximum absolute atomic E-state index is 14.0. The summed E-state index contributed by atoms with van der Waals surface area (Å²) < 4.78 is 11.2. The van der Waals surface area contributed by atoms with Crippen molar-refractivity contribution in [2.45, 2.75) is 108 Å². The van der Waals surface area contributed by atoms with Crippen LogP contribution in [0.2, 0.25) is 0 Å². The van der Waals surface area contributed by atoms with E-state index in [9.17, 15) is 29.1 Å². The predicted molar refractivity (Wildman–Crippen MR) is 158 cm³/mol. The van der Waals surface area contributed by atoms with Gasteiger partial charge in [0.05, 0.1) is 6.54 Å². The van der Waals surface area contributed by atoms with Gasteiger partial charge in [0.1, 0.15) is 29.3 Å². The van der Waals surface area contributed by atoms with Crippen molar-refractivity contribution in [2.24, 2.45) is 5.92 Å². The van der Waals surface area contributed by atoms with Crippen LogP contribution in [0.5, 0.6) is 0 Å². The van der Waals surface area contributed by atoms with Crippen molar-refractivity contribution >= 4 is 30.0 Å². The Bertz CT molecular complexity index is 1310. The van der Waals surface area contributed by atoms with Crippen molar-refractivity contribution in [3.8, 4) is 0 Å². The Morgan fingerprint density at radius 3 is 2.43 bits per heavy atom. The molecule has 3 aliphatic heterocycles. The van der Waals surface area contributed by atoms with E-state index in [1.807, 2.05) is 36.4 Å². The van der Waals surface area contributed by atoms with Gasteiger partial charge in [0, 0.05) is 25.4 Å². The first-order valence-electron chi connectivity index (χ1n) is 15.4. The number of benzene rings is 1. The van der Waals surface area contributed by atoms with Crippen LogP contribution < -0.4 is 10.6 Å². The summed E-state index contributed by atoms with van der Waals surface area (Å²) in [4.78, 5) is 68.8. The third-order valence-corrected chi connectivity index (χ3v) is 8.68. The lowest BCUT2D eigenvalue weighted by Crippen LogP contribution is -2.56. The molecule has 0 spiro atoms. The number of nitrogens with zero attached hydrogens (tertiary/aromatic N) is 2. The molecule has 12 nitrogen and oxygen atoms in total. The van der Waals surface area contributed by atoms with Crippen LogP contribution in [0.1, 0.15) is 76.8 Å². The number of hydrogen-bond acceptors (Lipinski definition) is 7. The molecule has 4 amide bonds. The average molecular weight is 611 g/mol. The van der Waals surface area contributed by atoms with Gasteiger partial charge in [-0.1, -0.05) is 49.3 Å². The minimum Gasteiger partial charge on any atom is -0.479 e. The SMILES string of the molecule is CC(C)(C)OC(=O)NC1CCCCC/C=C/C2CC2(C(=O)O)NC(=O)C2CC(OC(=O)N3Cc4ccccc4C3)CN2C1=O. The Balaban J connectivity index is 1.37. The fraction of sp³-hybridized carbons (Fsp3) is 0.594. The molecule has 5 unspecified atom stereocenters. The summed E-state index contributed by atoms with van der Waals surface area (Å²) in [5.41, 5.74) is -0.176. The van der Waals surface area contributed by atoms with Gasteiger partial charge in [-0.05, 0) is 57.6 Å². The fourth-order valence-electron chi connectivity index (χ4n) is 6.28. The summed E-state index contributed by atoms with van der Waals surface area (Å²) in [5, 5.41) is 15.4. The highest BCUT2D eigenvalue weighted by Crippen LogP contribution is 2.45. The molecule has 3 heterocycles. The van der Waals surface area contributed by atoms with Gasteiger partial charge < -0.3 is 30.1 Å². The molecule has 2 fully saturated rings. The van der Waals surface area contributed by atoms with Crippen LogP contribution in [0.3, 0.4) is 0 Å². The number of nitrogens with one attached hydrogen (secondary N) is 2. The first-order valence-corrected chi connectivity index (χ1v) is 15.4. The highest BCUT2D eigenvalue weighted by Gasteiger charge is 2.61. The van der Waals surface area contributed by atoms with Crippen molar-refractivity contribution in [1.29, 1.82) is 0 Å². The normalized spacial score (nSPS) is 29.6. The molecule has 44 heavy (non-hydrogen) atoms. The number of aliphatic carboxylic acids is 1. The van der Waals surface area contributed by atoms with Crippen LogP contribution >= 0.6 is 0 Å². The highest BCUT2D eigenvalue weighted by molar-refractivity contribution is 5.96. The summed E-state index contributed by atoms with van der Waals surface area (Å²) in [6.07, 6.45) is 5.25. The second-order valence-corrected chi connectivity index (χ2v) is 13.2. The van der Waals surface area contributed by atoms with Gasteiger partial charge in [0.25, 0.3) is 0 Å². The quantitative estimate of drug-likeness (QED) is 0.440. The molecule has 0 aromatic heterocycles. The molecule has 238 valence electrons. The molecular weight excluding hydrogens is 568 g/mol. The number of carbonyl (C=O) groups is 5. The van der Waals surface area contributed by atoms with Crippen LogP contribution in [0.25, 0.3) is 0 Å². The number of carboxylic acid groups (broad SMARTS) is 1. The minimum absolute atomic E-state index is 0.000531. The number of ether oxygens (including phenoxy) is 2. The van der Waals surface area contributed by atoms with Crippen LogP contribution in [-0.4, -0.2) is 80.7 Å². The Morgan fingerprint density at radius 1 is 1.07 bits per heavy atom. The van der Waals surface area contributed by atoms with E-state index in [-0.39, 0.29) is 25.3 Å². The molecule has 4 aliphatic rings. The zero-order chi connectivity index (χ0) is 31.6. The minimum atomic E-state index is -1.45. The van der Waals surface area contributed by atoms with Crippen molar-refractivity contribution in [3.63, 3.8) is 0 Å². The number of alkyl carbamates (subject to hydrolysis) is 1. The molecule has 1 saturated carbocycles. The molecule has 1 saturated heterocycles. The number of allylic oxidation sites excluding steroid dienone is 1. The van der Waals surface area contributed by atoms with Gasteiger partial charge in [0.2, 0.25) is 11.8 Å². The van der Waals surface area contributed by atoms with Gasteiger partial charge in [0.15, 0.2) is 0 Å². The number of fused-ring (bicyclic) bond motifs is 3. The van der Waals surface area contributed by atoms with Gasteiger partial charge >= 0.3 is 18.2 Å². The summed E-state index contributed by atoms with van der Waals surface area (Å²) in [5.74, 6) is -2.63. The maximum atomic E-state index is 14.0. The summed E-state index contributed by atoms with van der Waals surface area (Å²) in [6.45, 7) is 5.89. The molecule has 1 aromatic rings. The number of carbonyl (C=O) groups excluding carboxylic acids is 4. The molecule has 0 radical (unpaired) electrons. The Kier molecular flexibility index (Phi) is 8.90. The topological polar surface area (TPSA) is 155 Å². The molecular formula is C32H42N4O8. The third-order valence-electron chi connectivity index (χ3n) is 8.68. The van der Waals surface area contributed by atoms with Crippen molar-refractivity contribution in [2.75, 3.05) is 6.54 Å². The summed E-state index contributed by atoms with van der Waals surface area (Å²) in [6, 6.07) is 5.65.